The zero-order valence-corrected chi connectivity index (χ0v) is 12.2. The van der Waals surface area contributed by atoms with E-state index in [0.717, 1.165) is 51.1 Å². The summed E-state index contributed by atoms with van der Waals surface area (Å²) in [6.45, 7) is 5.67. The Morgan fingerprint density at radius 1 is 1.35 bits per heavy atom. The number of ether oxygens (including phenoxy) is 1. The van der Waals surface area contributed by atoms with Gasteiger partial charge in [0.25, 0.3) is 0 Å². The van der Waals surface area contributed by atoms with E-state index in [1.54, 1.807) is 6.07 Å². The van der Waals surface area contributed by atoms with Gasteiger partial charge >= 0.3 is 7.12 Å². The molecule has 2 rings (SSSR count). The number of piperidine rings is 1. The zero-order valence-electron chi connectivity index (χ0n) is 12.2. The molecule has 0 saturated carbocycles. The average molecular weight is 277 g/mol. The lowest BCUT2D eigenvalue weighted by Crippen LogP contribution is -2.41. The van der Waals surface area contributed by atoms with Crippen LogP contribution in [-0.2, 0) is 11.3 Å². The molecule has 2 N–H and O–H groups in total. The molecule has 1 aromatic rings. The minimum Gasteiger partial charge on any atom is -0.423 e. The maximum atomic E-state index is 9.41. The van der Waals surface area contributed by atoms with E-state index in [0.29, 0.717) is 11.6 Å². The van der Waals surface area contributed by atoms with Crippen molar-refractivity contribution in [3.05, 3.63) is 29.8 Å². The van der Waals surface area contributed by atoms with Crippen molar-refractivity contribution in [2.24, 2.45) is 0 Å². The van der Waals surface area contributed by atoms with E-state index < -0.39 is 7.12 Å². The van der Waals surface area contributed by atoms with E-state index in [4.69, 9.17) is 4.74 Å². The van der Waals surface area contributed by atoms with Gasteiger partial charge in [0, 0.05) is 19.7 Å². The highest BCUT2D eigenvalue weighted by Crippen LogP contribution is 2.15. The Bertz CT molecular complexity index is 414. The van der Waals surface area contributed by atoms with Crippen LogP contribution in [0.2, 0.25) is 0 Å². The number of hydrogen-bond donors (Lipinski definition) is 2. The molecular formula is C15H24BNO3. The zero-order chi connectivity index (χ0) is 14.4. The van der Waals surface area contributed by atoms with Crippen LogP contribution in [0.1, 0.15) is 31.7 Å². The van der Waals surface area contributed by atoms with Crippen LogP contribution < -0.4 is 5.46 Å². The summed E-state index contributed by atoms with van der Waals surface area (Å²) in [7, 11) is -1.40. The van der Waals surface area contributed by atoms with Gasteiger partial charge in [0.15, 0.2) is 0 Å². The van der Waals surface area contributed by atoms with Crippen molar-refractivity contribution in [1.82, 2.24) is 4.90 Å². The second-order valence-corrected chi connectivity index (χ2v) is 5.44. The topological polar surface area (TPSA) is 52.9 Å². The Kier molecular flexibility index (Phi) is 6.04. The summed E-state index contributed by atoms with van der Waals surface area (Å²) in [5.74, 6) is 0. The van der Waals surface area contributed by atoms with Gasteiger partial charge < -0.3 is 14.8 Å². The lowest BCUT2D eigenvalue weighted by molar-refractivity contribution is -0.00217. The summed E-state index contributed by atoms with van der Waals surface area (Å²) in [6, 6.07) is 7.51. The minimum absolute atomic E-state index is 0.315. The van der Waals surface area contributed by atoms with Gasteiger partial charge in [-0.05, 0) is 36.8 Å². The molecule has 0 radical (unpaired) electrons. The lowest BCUT2D eigenvalue weighted by atomic mass is 9.77. The molecule has 20 heavy (non-hydrogen) atoms. The van der Waals surface area contributed by atoms with Crippen molar-refractivity contribution >= 4 is 12.6 Å². The number of nitrogens with zero attached hydrogens (tertiary/aromatic N) is 1. The molecule has 0 aliphatic carbocycles. The molecule has 1 aliphatic heterocycles. The largest absolute Gasteiger partial charge is 0.488 e. The minimum atomic E-state index is -1.40. The first-order valence-corrected chi connectivity index (χ1v) is 7.48. The summed E-state index contributed by atoms with van der Waals surface area (Å²) >= 11 is 0. The predicted molar refractivity (Wildman–Crippen MR) is 80.8 cm³/mol. The van der Waals surface area contributed by atoms with Crippen LogP contribution in [0.5, 0.6) is 0 Å². The highest BCUT2D eigenvalue weighted by atomic mass is 16.5. The van der Waals surface area contributed by atoms with Crippen molar-refractivity contribution < 1.29 is 14.8 Å². The third kappa shape index (κ3) is 4.31. The van der Waals surface area contributed by atoms with Crippen molar-refractivity contribution in [2.75, 3.05) is 19.7 Å². The van der Waals surface area contributed by atoms with Crippen LogP contribution >= 0.6 is 0 Å². The Morgan fingerprint density at radius 2 is 2.15 bits per heavy atom. The third-order valence-corrected chi connectivity index (χ3v) is 3.75. The van der Waals surface area contributed by atoms with E-state index in [1.165, 1.54) is 0 Å². The first-order valence-electron chi connectivity index (χ1n) is 7.48. The van der Waals surface area contributed by atoms with E-state index in [9.17, 15) is 10.0 Å². The predicted octanol–water partition coefficient (Wildman–Crippen LogP) is 0.757. The second-order valence-electron chi connectivity index (χ2n) is 5.44. The average Bonchev–Trinajstić information content (AvgIpc) is 2.46. The van der Waals surface area contributed by atoms with Crippen LogP contribution in [0.4, 0.5) is 0 Å². The molecule has 1 atom stereocenters. The maximum absolute atomic E-state index is 9.41. The Balaban J connectivity index is 1.95. The summed E-state index contributed by atoms with van der Waals surface area (Å²) in [6.07, 6.45) is 3.63. The fourth-order valence-corrected chi connectivity index (χ4v) is 2.75. The van der Waals surface area contributed by atoms with E-state index >= 15 is 0 Å². The van der Waals surface area contributed by atoms with E-state index in [2.05, 4.69) is 11.8 Å². The number of benzene rings is 1. The van der Waals surface area contributed by atoms with Gasteiger partial charge in [-0.2, -0.15) is 0 Å². The van der Waals surface area contributed by atoms with Gasteiger partial charge in [-0.3, -0.25) is 4.90 Å². The first-order chi connectivity index (χ1) is 9.70. The SMILES string of the molecule is CCCOC1CCCN(Cc2ccccc2B(O)O)C1. The molecule has 0 bridgehead atoms. The molecule has 4 nitrogen and oxygen atoms in total. The van der Waals surface area contributed by atoms with Crippen molar-refractivity contribution in [3.8, 4) is 0 Å². The van der Waals surface area contributed by atoms with Gasteiger partial charge in [0.1, 0.15) is 0 Å². The number of hydrogen-bond acceptors (Lipinski definition) is 4. The van der Waals surface area contributed by atoms with Crippen LogP contribution in [0, 0.1) is 0 Å². The molecule has 1 aliphatic rings. The third-order valence-electron chi connectivity index (χ3n) is 3.75. The van der Waals surface area contributed by atoms with Crippen LogP contribution in [0.15, 0.2) is 24.3 Å². The summed E-state index contributed by atoms with van der Waals surface area (Å²) < 4.78 is 5.84. The molecule has 0 spiro atoms. The van der Waals surface area contributed by atoms with E-state index in [-0.39, 0.29) is 0 Å². The molecule has 0 amide bonds. The number of likely N-dealkylation sites (tertiary alicyclic amines) is 1. The molecule has 1 unspecified atom stereocenters. The fourth-order valence-electron chi connectivity index (χ4n) is 2.75. The smallest absolute Gasteiger partial charge is 0.423 e. The van der Waals surface area contributed by atoms with Crippen LogP contribution in [0.3, 0.4) is 0 Å². The lowest BCUT2D eigenvalue weighted by Gasteiger charge is -2.33. The van der Waals surface area contributed by atoms with Crippen LogP contribution in [0.25, 0.3) is 0 Å². The summed E-state index contributed by atoms with van der Waals surface area (Å²) in [5, 5.41) is 18.8. The quantitative estimate of drug-likeness (QED) is 0.754. The first kappa shape index (κ1) is 15.5. The van der Waals surface area contributed by atoms with Gasteiger partial charge in [0.2, 0.25) is 0 Å². The number of rotatable bonds is 6. The molecule has 1 heterocycles. The molecule has 1 saturated heterocycles. The molecule has 110 valence electrons. The monoisotopic (exact) mass is 277 g/mol. The highest BCUT2D eigenvalue weighted by molar-refractivity contribution is 6.59. The van der Waals surface area contributed by atoms with Gasteiger partial charge in [0.05, 0.1) is 6.10 Å². The molecule has 1 aromatic carbocycles. The Hall–Kier alpha value is -0.875. The van der Waals surface area contributed by atoms with Gasteiger partial charge in [-0.25, -0.2) is 0 Å². The molecule has 5 heteroatoms. The molecular weight excluding hydrogens is 253 g/mol. The van der Waals surface area contributed by atoms with Gasteiger partial charge in [-0.1, -0.05) is 31.2 Å². The van der Waals surface area contributed by atoms with Crippen molar-refractivity contribution in [1.29, 1.82) is 0 Å². The van der Waals surface area contributed by atoms with Crippen LogP contribution in [-0.4, -0.2) is 47.9 Å². The molecule has 0 aromatic heterocycles. The van der Waals surface area contributed by atoms with E-state index in [1.807, 2.05) is 18.2 Å². The normalized spacial score (nSPS) is 20.1. The Labute approximate surface area is 121 Å². The fraction of sp³-hybridized carbons (Fsp3) is 0.600. The highest BCUT2D eigenvalue weighted by Gasteiger charge is 2.22. The van der Waals surface area contributed by atoms with Crippen molar-refractivity contribution in [3.63, 3.8) is 0 Å². The summed E-state index contributed by atoms with van der Waals surface area (Å²) in [4.78, 5) is 2.34. The standard InChI is InChI=1S/C15H24BNO3/c1-2-10-20-14-7-5-9-17(12-14)11-13-6-3-4-8-15(13)16(18)19/h3-4,6,8,14,18-19H,2,5,7,9-12H2,1H3. The van der Waals surface area contributed by atoms with Crippen molar-refractivity contribution in [2.45, 2.75) is 38.8 Å². The summed E-state index contributed by atoms with van der Waals surface area (Å²) in [5.41, 5.74) is 1.59. The van der Waals surface area contributed by atoms with Gasteiger partial charge in [-0.15, -0.1) is 0 Å². The maximum Gasteiger partial charge on any atom is 0.488 e. The molecule has 1 fully saturated rings. The Morgan fingerprint density at radius 3 is 2.90 bits per heavy atom. The second kappa shape index (κ2) is 7.79.